The van der Waals surface area contributed by atoms with Crippen molar-refractivity contribution in [3.8, 4) is 0 Å². The van der Waals surface area contributed by atoms with Crippen LogP contribution in [0.1, 0.15) is 6.92 Å². The van der Waals surface area contributed by atoms with E-state index in [-0.39, 0.29) is 10.8 Å². The molecule has 0 radical (unpaired) electrons. The summed E-state index contributed by atoms with van der Waals surface area (Å²) >= 11 is 0. The molecule has 7 heteroatoms. The lowest BCUT2D eigenvalue weighted by molar-refractivity contribution is -0.121. The number of hydrogen-bond acceptors (Lipinski definition) is 4. The van der Waals surface area contributed by atoms with E-state index in [2.05, 4.69) is 15.4 Å². The van der Waals surface area contributed by atoms with Gasteiger partial charge in [-0.3, -0.25) is 4.79 Å². The quantitative estimate of drug-likeness (QED) is 0.711. The number of hydrogen-bond donors (Lipinski definition) is 3. The van der Waals surface area contributed by atoms with E-state index in [9.17, 15) is 13.2 Å². The van der Waals surface area contributed by atoms with Crippen molar-refractivity contribution in [1.29, 1.82) is 0 Å². The number of sulfonamides is 1. The molecule has 0 aliphatic carbocycles. The molecule has 1 amide bonds. The molecule has 0 bridgehead atoms. The topological polar surface area (TPSA) is 87.3 Å². The van der Waals surface area contributed by atoms with Gasteiger partial charge in [0.05, 0.1) is 10.9 Å². The highest BCUT2D eigenvalue weighted by Crippen LogP contribution is 2.13. The molecule has 3 N–H and O–H groups in total. The van der Waals surface area contributed by atoms with E-state index in [1.165, 1.54) is 26.1 Å². The van der Waals surface area contributed by atoms with E-state index in [0.717, 1.165) is 5.69 Å². The lowest BCUT2D eigenvalue weighted by atomic mass is 10.3. The summed E-state index contributed by atoms with van der Waals surface area (Å²) in [5.41, 5.74) is 0.813. The summed E-state index contributed by atoms with van der Waals surface area (Å²) < 4.78 is 26.2. The normalized spacial score (nSPS) is 12.8. The number of carbonyl (C=O) groups excluding carboxylic acids is 1. The molecular formula is C11H17N3O3S. The van der Waals surface area contributed by atoms with Crippen LogP contribution < -0.4 is 15.4 Å². The third kappa shape index (κ3) is 3.44. The summed E-state index contributed by atoms with van der Waals surface area (Å²) in [7, 11) is -0.480. The van der Waals surface area contributed by atoms with Crippen LogP contribution in [0.4, 0.5) is 5.69 Å². The van der Waals surface area contributed by atoms with Crippen LogP contribution in [-0.4, -0.2) is 34.5 Å². The van der Waals surface area contributed by atoms with Crippen molar-refractivity contribution in [2.24, 2.45) is 0 Å². The van der Waals surface area contributed by atoms with Gasteiger partial charge in [0.15, 0.2) is 0 Å². The Kier molecular flexibility index (Phi) is 4.69. The zero-order valence-electron chi connectivity index (χ0n) is 10.5. The average Bonchev–Trinajstić information content (AvgIpc) is 2.37. The van der Waals surface area contributed by atoms with Crippen molar-refractivity contribution in [1.82, 2.24) is 10.0 Å². The molecule has 0 saturated carbocycles. The van der Waals surface area contributed by atoms with Crippen molar-refractivity contribution in [2.45, 2.75) is 17.9 Å². The van der Waals surface area contributed by atoms with Gasteiger partial charge < -0.3 is 10.6 Å². The molecular weight excluding hydrogens is 254 g/mol. The Hall–Kier alpha value is -1.60. The van der Waals surface area contributed by atoms with Gasteiger partial charge in [-0.2, -0.15) is 4.72 Å². The maximum atomic E-state index is 12.0. The van der Waals surface area contributed by atoms with Crippen molar-refractivity contribution in [2.75, 3.05) is 19.4 Å². The predicted molar refractivity (Wildman–Crippen MR) is 69.8 cm³/mol. The molecule has 0 aromatic heterocycles. The van der Waals surface area contributed by atoms with Gasteiger partial charge in [0.2, 0.25) is 15.9 Å². The second kappa shape index (κ2) is 5.83. The van der Waals surface area contributed by atoms with Crippen molar-refractivity contribution in [3.05, 3.63) is 24.3 Å². The first-order valence-electron chi connectivity index (χ1n) is 5.42. The monoisotopic (exact) mass is 271 g/mol. The van der Waals surface area contributed by atoms with Crippen LogP contribution in [0.3, 0.4) is 0 Å². The van der Waals surface area contributed by atoms with Gasteiger partial charge in [-0.05, 0) is 31.2 Å². The van der Waals surface area contributed by atoms with Crippen LogP contribution in [0.25, 0.3) is 0 Å². The van der Waals surface area contributed by atoms with Crippen LogP contribution in [0.2, 0.25) is 0 Å². The summed E-state index contributed by atoms with van der Waals surface area (Å²) in [4.78, 5) is 11.4. The molecule has 0 aliphatic heterocycles. The highest BCUT2D eigenvalue weighted by molar-refractivity contribution is 7.89. The molecule has 0 fully saturated rings. The molecule has 1 atom stereocenters. The molecule has 100 valence electrons. The summed E-state index contributed by atoms with van der Waals surface area (Å²) in [6.45, 7) is 1.48. The van der Waals surface area contributed by atoms with Gasteiger partial charge in [0.1, 0.15) is 0 Å². The summed E-state index contributed by atoms with van der Waals surface area (Å²) in [5.74, 6) is -0.384. The van der Waals surface area contributed by atoms with Crippen LogP contribution in [0, 0.1) is 0 Å². The number of anilines is 1. The molecule has 0 spiro atoms. The highest BCUT2D eigenvalue weighted by atomic mass is 32.2. The fraction of sp³-hybridized carbons (Fsp3) is 0.364. The summed E-state index contributed by atoms with van der Waals surface area (Å²) in [6.07, 6.45) is 0. The minimum Gasteiger partial charge on any atom is -0.388 e. The van der Waals surface area contributed by atoms with Crippen LogP contribution in [-0.2, 0) is 14.8 Å². The Balaban J connectivity index is 2.89. The Bertz CT molecular complexity index is 511. The summed E-state index contributed by atoms with van der Waals surface area (Å²) in [5, 5.41) is 5.28. The van der Waals surface area contributed by atoms with Gasteiger partial charge in [-0.1, -0.05) is 0 Å². The van der Waals surface area contributed by atoms with Crippen LogP contribution in [0.5, 0.6) is 0 Å². The van der Waals surface area contributed by atoms with E-state index in [1.54, 1.807) is 19.2 Å². The average molecular weight is 271 g/mol. The van der Waals surface area contributed by atoms with Gasteiger partial charge >= 0.3 is 0 Å². The Labute approximate surface area is 107 Å². The van der Waals surface area contributed by atoms with Crippen molar-refractivity contribution >= 4 is 21.6 Å². The number of amides is 1. The van der Waals surface area contributed by atoms with E-state index in [0.29, 0.717) is 0 Å². The van der Waals surface area contributed by atoms with Crippen LogP contribution in [0.15, 0.2) is 29.2 Å². The maximum absolute atomic E-state index is 12.0. The molecule has 1 unspecified atom stereocenters. The smallest absolute Gasteiger partial charge is 0.241 e. The first-order chi connectivity index (χ1) is 8.40. The molecule has 6 nitrogen and oxygen atoms in total. The largest absolute Gasteiger partial charge is 0.388 e. The maximum Gasteiger partial charge on any atom is 0.241 e. The van der Waals surface area contributed by atoms with E-state index >= 15 is 0 Å². The second-order valence-corrected chi connectivity index (χ2v) is 5.45. The van der Waals surface area contributed by atoms with E-state index in [4.69, 9.17) is 0 Å². The lowest BCUT2D eigenvalue weighted by Gasteiger charge is -2.13. The van der Waals surface area contributed by atoms with Gasteiger partial charge in [0, 0.05) is 19.8 Å². The predicted octanol–water partition coefficient (Wildman–Crippen LogP) is 0.141. The zero-order chi connectivity index (χ0) is 13.8. The second-order valence-electron chi connectivity index (χ2n) is 3.73. The van der Waals surface area contributed by atoms with Gasteiger partial charge in [-0.25, -0.2) is 8.42 Å². The summed E-state index contributed by atoms with van der Waals surface area (Å²) in [6, 6.07) is 5.44. The Morgan fingerprint density at radius 2 is 1.72 bits per heavy atom. The van der Waals surface area contributed by atoms with Gasteiger partial charge in [0.25, 0.3) is 0 Å². The number of benzene rings is 1. The Morgan fingerprint density at radius 1 is 1.17 bits per heavy atom. The third-order valence-corrected chi connectivity index (χ3v) is 3.98. The minimum atomic E-state index is -3.68. The third-order valence-electron chi connectivity index (χ3n) is 2.42. The standard InChI is InChI=1S/C11H17N3O3S/c1-8(11(15)13-3)14-18(16,17)10-6-4-9(12-2)5-7-10/h4-8,12,14H,1-3H3,(H,13,15). The first-order valence-corrected chi connectivity index (χ1v) is 6.90. The molecule has 0 heterocycles. The molecule has 1 aromatic rings. The molecule has 0 aliphatic rings. The van der Waals surface area contributed by atoms with E-state index < -0.39 is 16.1 Å². The molecule has 1 aromatic carbocycles. The first kappa shape index (κ1) is 14.5. The molecule has 18 heavy (non-hydrogen) atoms. The van der Waals surface area contributed by atoms with Crippen LogP contribution >= 0.6 is 0 Å². The molecule has 1 rings (SSSR count). The van der Waals surface area contributed by atoms with Crippen molar-refractivity contribution < 1.29 is 13.2 Å². The number of nitrogens with one attached hydrogen (secondary N) is 3. The zero-order valence-corrected chi connectivity index (χ0v) is 11.3. The molecule has 0 saturated heterocycles. The van der Waals surface area contributed by atoms with Gasteiger partial charge in [-0.15, -0.1) is 0 Å². The van der Waals surface area contributed by atoms with Crippen molar-refractivity contribution in [3.63, 3.8) is 0 Å². The number of rotatable bonds is 5. The fourth-order valence-corrected chi connectivity index (χ4v) is 2.57. The minimum absolute atomic E-state index is 0.122. The lowest BCUT2D eigenvalue weighted by Crippen LogP contribution is -2.43. The number of carbonyl (C=O) groups is 1. The Morgan fingerprint density at radius 3 is 2.17 bits per heavy atom. The fourth-order valence-electron chi connectivity index (χ4n) is 1.37. The van der Waals surface area contributed by atoms with E-state index in [1.807, 2.05) is 0 Å². The number of likely N-dealkylation sites (N-methyl/N-ethyl adjacent to an activating group) is 1. The highest BCUT2D eigenvalue weighted by Gasteiger charge is 2.20. The SMILES string of the molecule is CNC(=O)C(C)NS(=O)(=O)c1ccc(NC)cc1.